The number of anilines is 1. The fourth-order valence-electron chi connectivity index (χ4n) is 3.40. The van der Waals surface area contributed by atoms with Crippen LogP contribution in [0.3, 0.4) is 0 Å². The summed E-state index contributed by atoms with van der Waals surface area (Å²) < 4.78 is 11.8. The predicted molar refractivity (Wildman–Crippen MR) is 116 cm³/mol. The summed E-state index contributed by atoms with van der Waals surface area (Å²) >= 11 is 1.55. The first-order valence-corrected chi connectivity index (χ1v) is 10.6. The lowest BCUT2D eigenvalue weighted by Gasteiger charge is -2.29. The average molecular weight is 412 g/mol. The van der Waals surface area contributed by atoms with Gasteiger partial charge in [-0.2, -0.15) is 0 Å². The van der Waals surface area contributed by atoms with Crippen LogP contribution in [0.4, 0.5) is 5.13 Å². The Bertz CT molecular complexity index is 954. The first kappa shape index (κ1) is 19.8. The molecule has 2 aromatic carbocycles. The zero-order valence-electron chi connectivity index (χ0n) is 16.5. The highest BCUT2D eigenvalue weighted by Crippen LogP contribution is 2.31. The number of rotatable bonds is 7. The van der Waals surface area contributed by atoms with Crippen LogP contribution >= 0.6 is 11.3 Å². The number of carbonyl (C=O) groups is 1. The second kappa shape index (κ2) is 9.35. The molecule has 7 heteroatoms. The van der Waals surface area contributed by atoms with E-state index in [4.69, 9.17) is 14.5 Å². The fourth-order valence-corrected chi connectivity index (χ4v) is 4.39. The first-order valence-electron chi connectivity index (χ1n) is 9.82. The Balaban J connectivity index is 1.57. The molecule has 0 saturated carbocycles. The van der Waals surface area contributed by atoms with Gasteiger partial charge in [-0.3, -0.25) is 14.6 Å². The maximum Gasteiger partial charge on any atom is 0.233 e. The van der Waals surface area contributed by atoms with Gasteiger partial charge in [-0.25, -0.2) is 4.98 Å². The molecule has 2 heterocycles. The molecule has 1 aliphatic rings. The second-order valence-electron chi connectivity index (χ2n) is 6.99. The number of benzene rings is 2. The van der Waals surface area contributed by atoms with E-state index in [-0.39, 0.29) is 5.91 Å². The van der Waals surface area contributed by atoms with E-state index in [0.29, 0.717) is 13.0 Å². The number of ether oxygens (including phenoxy) is 2. The van der Waals surface area contributed by atoms with Crippen molar-refractivity contribution in [2.75, 3.05) is 51.4 Å². The number of thiazole rings is 1. The molecule has 0 unspecified atom stereocenters. The average Bonchev–Trinajstić information content (AvgIpc) is 3.18. The lowest BCUT2D eigenvalue weighted by molar-refractivity contribution is -0.118. The number of morpholine rings is 1. The second-order valence-corrected chi connectivity index (χ2v) is 8.00. The smallest absolute Gasteiger partial charge is 0.233 e. The molecule has 4 rings (SSSR count). The molecule has 0 N–H and O–H groups in total. The summed E-state index contributed by atoms with van der Waals surface area (Å²) in [7, 11) is 1.65. The van der Waals surface area contributed by atoms with E-state index in [2.05, 4.69) is 4.90 Å². The largest absolute Gasteiger partial charge is 0.497 e. The molecule has 0 spiro atoms. The minimum atomic E-state index is 0.0653. The summed E-state index contributed by atoms with van der Waals surface area (Å²) in [5.74, 6) is 0.834. The molecule has 152 valence electrons. The summed E-state index contributed by atoms with van der Waals surface area (Å²) in [5.41, 5.74) is 1.87. The van der Waals surface area contributed by atoms with Crippen LogP contribution in [-0.2, 0) is 16.0 Å². The van der Waals surface area contributed by atoms with Gasteiger partial charge in [0.2, 0.25) is 5.91 Å². The molecule has 29 heavy (non-hydrogen) atoms. The molecule has 1 aromatic heterocycles. The van der Waals surface area contributed by atoms with Gasteiger partial charge in [0.1, 0.15) is 5.75 Å². The zero-order valence-corrected chi connectivity index (χ0v) is 17.4. The maximum absolute atomic E-state index is 13.2. The van der Waals surface area contributed by atoms with Crippen LogP contribution in [0.25, 0.3) is 10.2 Å². The van der Waals surface area contributed by atoms with Gasteiger partial charge < -0.3 is 9.47 Å². The van der Waals surface area contributed by atoms with Crippen LogP contribution in [0.5, 0.6) is 5.75 Å². The molecule has 1 saturated heterocycles. The fraction of sp³-hybridized carbons (Fsp3) is 0.364. The lowest BCUT2D eigenvalue weighted by Crippen LogP contribution is -2.43. The molecular weight excluding hydrogens is 386 g/mol. The Morgan fingerprint density at radius 3 is 2.76 bits per heavy atom. The van der Waals surface area contributed by atoms with E-state index < -0.39 is 0 Å². The van der Waals surface area contributed by atoms with Crippen LogP contribution in [0.2, 0.25) is 0 Å². The minimum absolute atomic E-state index is 0.0653. The molecule has 0 aliphatic carbocycles. The molecular formula is C22H25N3O3S. The quantitative estimate of drug-likeness (QED) is 0.598. The number of methoxy groups -OCH3 is 1. The third-order valence-corrected chi connectivity index (χ3v) is 6.12. The normalized spacial score (nSPS) is 14.8. The Kier molecular flexibility index (Phi) is 6.39. The van der Waals surface area contributed by atoms with Crippen molar-refractivity contribution in [2.45, 2.75) is 6.42 Å². The van der Waals surface area contributed by atoms with E-state index in [1.165, 1.54) is 0 Å². The number of amides is 1. The van der Waals surface area contributed by atoms with E-state index >= 15 is 0 Å². The third-order valence-electron chi connectivity index (χ3n) is 5.06. The van der Waals surface area contributed by atoms with Crippen molar-refractivity contribution in [1.82, 2.24) is 9.88 Å². The molecule has 6 nitrogen and oxygen atoms in total. The van der Waals surface area contributed by atoms with Crippen molar-refractivity contribution < 1.29 is 14.3 Å². The van der Waals surface area contributed by atoms with E-state index in [1.807, 2.05) is 53.4 Å². The highest BCUT2D eigenvalue weighted by molar-refractivity contribution is 7.22. The molecule has 1 aliphatic heterocycles. The summed E-state index contributed by atoms with van der Waals surface area (Å²) in [5, 5.41) is 0.738. The highest BCUT2D eigenvalue weighted by Gasteiger charge is 2.22. The van der Waals surface area contributed by atoms with Crippen molar-refractivity contribution in [3.05, 3.63) is 54.1 Å². The summed E-state index contributed by atoms with van der Waals surface area (Å²) in [6, 6.07) is 15.7. The number of nitrogens with zero attached hydrogens (tertiary/aromatic N) is 3. The van der Waals surface area contributed by atoms with Crippen LogP contribution in [0, 0.1) is 0 Å². The first-order chi connectivity index (χ1) is 14.2. The SMILES string of the molecule is COc1ccc2sc(N(CCN3CCOCC3)C(=O)Cc3ccccc3)nc2c1. The highest BCUT2D eigenvalue weighted by atomic mass is 32.1. The van der Waals surface area contributed by atoms with Gasteiger partial charge in [0.15, 0.2) is 5.13 Å². The van der Waals surface area contributed by atoms with Crippen LogP contribution < -0.4 is 9.64 Å². The van der Waals surface area contributed by atoms with Crippen LogP contribution in [0.1, 0.15) is 5.56 Å². The third kappa shape index (κ3) is 4.93. The number of hydrogen-bond donors (Lipinski definition) is 0. The number of aromatic nitrogens is 1. The molecule has 0 atom stereocenters. The van der Waals surface area contributed by atoms with Crippen molar-refractivity contribution >= 4 is 32.6 Å². The summed E-state index contributed by atoms with van der Waals surface area (Å²) in [6.45, 7) is 4.72. The molecule has 1 fully saturated rings. The number of carbonyl (C=O) groups excluding carboxylic acids is 1. The Morgan fingerprint density at radius 2 is 2.00 bits per heavy atom. The monoisotopic (exact) mass is 411 g/mol. The standard InChI is InChI=1S/C22H25N3O3S/c1-27-18-7-8-20-19(16-18)23-22(29-20)25(10-9-24-11-13-28-14-12-24)21(26)15-17-5-3-2-4-6-17/h2-8,16H,9-15H2,1H3. The van der Waals surface area contributed by atoms with Crippen LogP contribution in [-0.4, -0.2) is 62.3 Å². The van der Waals surface area contributed by atoms with Gasteiger partial charge in [-0.05, 0) is 17.7 Å². The van der Waals surface area contributed by atoms with Crippen molar-refractivity contribution in [2.24, 2.45) is 0 Å². The van der Waals surface area contributed by atoms with E-state index in [1.54, 1.807) is 18.4 Å². The summed E-state index contributed by atoms with van der Waals surface area (Å²) in [6.07, 6.45) is 0.364. The molecule has 0 radical (unpaired) electrons. The van der Waals surface area contributed by atoms with E-state index in [0.717, 1.165) is 59.5 Å². The van der Waals surface area contributed by atoms with Gasteiger partial charge in [0.25, 0.3) is 0 Å². The number of hydrogen-bond acceptors (Lipinski definition) is 6. The van der Waals surface area contributed by atoms with Crippen molar-refractivity contribution in [1.29, 1.82) is 0 Å². The topological polar surface area (TPSA) is 54.9 Å². The van der Waals surface area contributed by atoms with E-state index in [9.17, 15) is 4.79 Å². The Hall–Kier alpha value is -2.48. The number of fused-ring (bicyclic) bond motifs is 1. The van der Waals surface area contributed by atoms with Gasteiger partial charge in [-0.1, -0.05) is 41.7 Å². The van der Waals surface area contributed by atoms with Gasteiger partial charge in [0, 0.05) is 32.2 Å². The van der Waals surface area contributed by atoms with Gasteiger partial charge in [-0.15, -0.1) is 0 Å². The minimum Gasteiger partial charge on any atom is -0.497 e. The Morgan fingerprint density at radius 1 is 1.21 bits per heavy atom. The Labute approximate surface area is 174 Å². The molecule has 3 aromatic rings. The maximum atomic E-state index is 13.2. The molecule has 0 bridgehead atoms. The van der Waals surface area contributed by atoms with Crippen LogP contribution in [0.15, 0.2) is 48.5 Å². The lowest BCUT2D eigenvalue weighted by atomic mass is 10.1. The van der Waals surface area contributed by atoms with Crippen molar-refractivity contribution in [3.8, 4) is 5.75 Å². The predicted octanol–water partition coefficient (Wildman–Crippen LogP) is 3.21. The summed E-state index contributed by atoms with van der Waals surface area (Å²) in [4.78, 5) is 22.1. The molecule has 1 amide bonds. The zero-order chi connectivity index (χ0) is 20.1. The van der Waals surface area contributed by atoms with Gasteiger partial charge in [0.05, 0.1) is 37.0 Å². The van der Waals surface area contributed by atoms with Gasteiger partial charge >= 0.3 is 0 Å². The van der Waals surface area contributed by atoms with Crippen molar-refractivity contribution in [3.63, 3.8) is 0 Å².